The molecule has 0 atom stereocenters. The van der Waals surface area contributed by atoms with Crippen molar-refractivity contribution in [1.29, 1.82) is 10.5 Å². The number of nitrogens with zero attached hydrogens (tertiary/aromatic N) is 2. The highest BCUT2D eigenvalue weighted by Crippen LogP contribution is 2.14. The predicted octanol–water partition coefficient (Wildman–Crippen LogP) is 1.14. The molecule has 0 saturated heterocycles. The molecule has 0 aliphatic heterocycles. The van der Waals surface area contributed by atoms with Crippen LogP contribution in [0.15, 0.2) is 18.2 Å². The van der Waals surface area contributed by atoms with E-state index in [4.69, 9.17) is 10.5 Å². The van der Waals surface area contributed by atoms with E-state index >= 15 is 0 Å². The summed E-state index contributed by atoms with van der Waals surface area (Å²) in [6, 6.07) is 7.66. The van der Waals surface area contributed by atoms with E-state index in [0.717, 1.165) is 6.07 Å². The lowest BCUT2D eigenvalue weighted by Gasteiger charge is -2.07. The fourth-order valence-electron chi connectivity index (χ4n) is 1.22. The zero-order valence-corrected chi connectivity index (χ0v) is 9.53. The zero-order chi connectivity index (χ0) is 13.4. The molecular formula is C12H11FN4O. The van der Waals surface area contributed by atoms with E-state index in [0.29, 0.717) is 0 Å². The summed E-state index contributed by atoms with van der Waals surface area (Å²) in [7, 11) is 0. The maximum Gasteiger partial charge on any atom is 0.239 e. The van der Waals surface area contributed by atoms with E-state index in [1.807, 2.05) is 12.1 Å². The first kappa shape index (κ1) is 13.5. The number of hydrogen-bond donors (Lipinski definition) is 2. The molecular weight excluding hydrogens is 235 g/mol. The molecule has 0 aliphatic rings. The fourth-order valence-corrected chi connectivity index (χ4v) is 1.22. The molecule has 1 aromatic carbocycles. The maximum absolute atomic E-state index is 13.4. The normalized spacial score (nSPS) is 9.06. The summed E-state index contributed by atoms with van der Waals surface area (Å²) >= 11 is 0. The predicted molar refractivity (Wildman–Crippen MR) is 62.8 cm³/mol. The van der Waals surface area contributed by atoms with Crippen LogP contribution in [0.25, 0.3) is 0 Å². The Morgan fingerprint density at radius 3 is 2.78 bits per heavy atom. The average molecular weight is 246 g/mol. The van der Waals surface area contributed by atoms with Crippen molar-refractivity contribution in [2.45, 2.75) is 6.42 Å². The summed E-state index contributed by atoms with van der Waals surface area (Å²) in [6.07, 6.45) is 0.233. The van der Waals surface area contributed by atoms with Gasteiger partial charge in [0.1, 0.15) is 5.82 Å². The molecule has 0 spiro atoms. The molecule has 1 amide bonds. The number of nitrogens with one attached hydrogen (secondary N) is 2. The lowest BCUT2D eigenvalue weighted by molar-refractivity contribution is -0.119. The minimum Gasteiger partial charge on any atom is -0.374 e. The number of hydrogen-bond acceptors (Lipinski definition) is 4. The van der Waals surface area contributed by atoms with Gasteiger partial charge in [-0.05, 0) is 18.2 Å². The van der Waals surface area contributed by atoms with Crippen molar-refractivity contribution in [2.24, 2.45) is 0 Å². The average Bonchev–Trinajstić information content (AvgIpc) is 2.37. The van der Waals surface area contributed by atoms with Crippen molar-refractivity contribution >= 4 is 11.6 Å². The van der Waals surface area contributed by atoms with E-state index in [1.54, 1.807) is 0 Å². The standard InChI is InChI=1S/C12H11FN4O/c13-10-6-9(7-15)2-3-11(10)17-8-12(18)16-5-1-4-14/h2-3,6,17H,1,5,8H2,(H,16,18). The number of carbonyl (C=O) groups excluding carboxylic acids is 1. The van der Waals surface area contributed by atoms with Crippen LogP contribution in [0.4, 0.5) is 10.1 Å². The fraction of sp³-hybridized carbons (Fsp3) is 0.250. The molecule has 92 valence electrons. The molecule has 0 aliphatic carbocycles. The van der Waals surface area contributed by atoms with Gasteiger partial charge in [-0.25, -0.2) is 4.39 Å². The molecule has 5 nitrogen and oxygen atoms in total. The summed E-state index contributed by atoms with van der Waals surface area (Å²) in [5, 5.41) is 22.0. The van der Waals surface area contributed by atoms with Crippen LogP contribution in [0, 0.1) is 28.5 Å². The molecule has 0 saturated carbocycles. The van der Waals surface area contributed by atoms with Crippen LogP contribution in [0.2, 0.25) is 0 Å². The van der Waals surface area contributed by atoms with Crippen LogP contribution in [-0.4, -0.2) is 19.0 Å². The first-order valence-corrected chi connectivity index (χ1v) is 5.24. The van der Waals surface area contributed by atoms with Gasteiger partial charge in [0, 0.05) is 6.54 Å². The lowest BCUT2D eigenvalue weighted by atomic mass is 10.2. The van der Waals surface area contributed by atoms with Crippen molar-refractivity contribution < 1.29 is 9.18 Å². The summed E-state index contributed by atoms with van der Waals surface area (Å²) < 4.78 is 13.4. The summed E-state index contributed by atoms with van der Waals surface area (Å²) in [5.74, 6) is -0.909. The van der Waals surface area contributed by atoms with E-state index in [1.165, 1.54) is 12.1 Å². The molecule has 0 aromatic heterocycles. The van der Waals surface area contributed by atoms with Crippen LogP contribution in [0.5, 0.6) is 0 Å². The van der Waals surface area contributed by atoms with Crippen LogP contribution in [0.3, 0.4) is 0 Å². The van der Waals surface area contributed by atoms with Gasteiger partial charge in [-0.1, -0.05) is 0 Å². The Balaban J connectivity index is 2.47. The Kier molecular flexibility index (Phi) is 5.14. The van der Waals surface area contributed by atoms with Crippen molar-refractivity contribution in [3.63, 3.8) is 0 Å². The number of halogens is 1. The Bertz CT molecular complexity index is 516. The quantitative estimate of drug-likeness (QED) is 0.762. The number of nitriles is 2. The topological polar surface area (TPSA) is 88.7 Å². The van der Waals surface area contributed by atoms with E-state index in [2.05, 4.69) is 10.6 Å². The van der Waals surface area contributed by atoms with E-state index < -0.39 is 5.82 Å². The SMILES string of the molecule is N#CCCNC(=O)CNc1ccc(C#N)cc1F. The van der Waals surface area contributed by atoms with Gasteiger partial charge in [-0.15, -0.1) is 0 Å². The number of carbonyl (C=O) groups is 1. The zero-order valence-electron chi connectivity index (χ0n) is 9.53. The minimum atomic E-state index is -0.584. The Labute approximate surface area is 104 Å². The molecule has 0 bridgehead atoms. The second-order valence-corrected chi connectivity index (χ2v) is 3.42. The smallest absolute Gasteiger partial charge is 0.239 e. The third-order valence-electron chi connectivity index (χ3n) is 2.10. The van der Waals surface area contributed by atoms with Gasteiger partial charge in [0.15, 0.2) is 0 Å². The van der Waals surface area contributed by atoms with Crippen molar-refractivity contribution in [1.82, 2.24) is 5.32 Å². The summed E-state index contributed by atoms with van der Waals surface area (Å²) in [5.41, 5.74) is 0.376. The van der Waals surface area contributed by atoms with Gasteiger partial charge >= 0.3 is 0 Å². The van der Waals surface area contributed by atoms with Crippen LogP contribution in [-0.2, 0) is 4.79 Å². The third-order valence-corrected chi connectivity index (χ3v) is 2.10. The summed E-state index contributed by atoms with van der Waals surface area (Å²) in [6.45, 7) is 0.182. The number of anilines is 1. The first-order valence-electron chi connectivity index (χ1n) is 5.24. The van der Waals surface area contributed by atoms with Crippen LogP contribution < -0.4 is 10.6 Å². The van der Waals surface area contributed by atoms with Crippen LogP contribution >= 0.6 is 0 Å². The molecule has 1 aromatic rings. The first-order chi connectivity index (χ1) is 8.67. The molecule has 0 radical (unpaired) electrons. The van der Waals surface area contributed by atoms with Crippen molar-refractivity contribution in [2.75, 3.05) is 18.4 Å². The van der Waals surface area contributed by atoms with Gasteiger partial charge < -0.3 is 10.6 Å². The number of amides is 1. The van der Waals surface area contributed by atoms with Gasteiger partial charge in [0.2, 0.25) is 5.91 Å². The second-order valence-electron chi connectivity index (χ2n) is 3.42. The highest BCUT2D eigenvalue weighted by Gasteiger charge is 2.05. The largest absolute Gasteiger partial charge is 0.374 e. The maximum atomic E-state index is 13.4. The van der Waals surface area contributed by atoms with Gasteiger partial charge in [-0.2, -0.15) is 10.5 Å². The number of benzene rings is 1. The Morgan fingerprint density at radius 1 is 1.39 bits per heavy atom. The second kappa shape index (κ2) is 6.87. The van der Waals surface area contributed by atoms with E-state index in [9.17, 15) is 9.18 Å². The highest BCUT2D eigenvalue weighted by molar-refractivity contribution is 5.80. The molecule has 6 heteroatoms. The molecule has 2 N–H and O–H groups in total. The van der Waals surface area contributed by atoms with Crippen LogP contribution in [0.1, 0.15) is 12.0 Å². The van der Waals surface area contributed by atoms with E-state index in [-0.39, 0.29) is 36.7 Å². The monoisotopic (exact) mass is 246 g/mol. The molecule has 0 fully saturated rings. The molecule has 0 heterocycles. The third kappa shape index (κ3) is 4.11. The molecule has 18 heavy (non-hydrogen) atoms. The van der Waals surface area contributed by atoms with Crippen molar-refractivity contribution in [3.8, 4) is 12.1 Å². The van der Waals surface area contributed by atoms with Gasteiger partial charge in [0.05, 0.1) is 36.4 Å². The van der Waals surface area contributed by atoms with Gasteiger partial charge in [-0.3, -0.25) is 4.79 Å². The molecule has 0 unspecified atom stereocenters. The molecule has 1 rings (SSSR count). The van der Waals surface area contributed by atoms with Gasteiger partial charge in [0.25, 0.3) is 0 Å². The number of rotatable bonds is 5. The Hall–Kier alpha value is -2.60. The minimum absolute atomic E-state index is 0.0890. The summed E-state index contributed by atoms with van der Waals surface area (Å²) in [4.78, 5) is 11.3. The lowest BCUT2D eigenvalue weighted by Crippen LogP contribution is -2.30. The Morgan fingerprint density at radius 2 is 2.17 bits per heavy atom. The van der Waals surface area contributed by atoms with Crippen molar-refractivity contribution in [3.05, 3.63) is 29.6 Å². The highest BCUT2D eigenvalue weighted by atomic mass is 19.1.